The maximum Gasteiger partial charge on any atom is 0.416 e. The van der Waals surface area contributed by atoms with Gasteiger partial charge in [0.15, 0.2) is 0 Å². The van der Waals surface area contributed by atoms with Crippen LogP contribution in [0.3, 0.4) is 0 Å². The van der Waals surface area contributed by atoms with Crippen LogP contribution in [-0.2, 0) is 6.18 Å². The molecule has 0 aliphatic heterocycles. The Bertz CT molecular complexity index is 679. The van der Waals surface area contributed by atoms with E-state index < -0.39 is 11.7 Å². The van der Waals surface area contributed by atoms with Crippen LogP contribution >= 0.6 is 0 Å². The Morgan fingerprint density at radius 2 is 2.04 bits per heavy atom. The SMILES string of the molecule is C#CC(C)/N=C(C)\C(C=N)=C(/C)Nc1cccc(C(F)(F)F)c1. The van der Waals surface area contributed by atoms with E-state index in [-0.39, 0.29) is 11.7 Å². The third-order valence-electron chi connectivity index (χ3n) is 3.09. The summed E-state index contributed by atoms with van der Waals surface area (Å²) in [6.07, 6.45) is 1.96. The molecular formula is C17H18F3N3. The maximum atomic E-state index is 12.7. The Kier molecular flexibility index (Phi) is 6.14. The monoisotopic (exact) mass is 321 g/mol. The fraction of sp³-hybridized carbons (Fsp3) is 0.294. The van der Waals surface area contributed by atoms with Crippen molar-refractivity contribution in [3.05, 3.63) is 41.1 Å². The van der Waals surface area contributed by atoms with E-state index in [1.165, 1.54) is 12.1 Å². The van der Waals surface area contributed by atoms with Crippen molar-refractivity contribution in [3.8, 4) is 12.3 Å². The topological polar surface area (TPSA) is 48.2 Å². The van der Waals surface area contributed by atoms with E-state index in [2.05, 4.69) is 16.2 Å². The lowest BCUT2D eigenvalue weighted by Gasteiger charge is -2.13. The summed E-state index contributed by atoms with van der Waals surface area (Å²) in [4.78, 5) is 4.24. The molecule has 0 spiro atoms. The number of benzene rings is 1. The van der Waals surface area contributed by atoms with Crippen molar-refractivity contribution >= 4 is 17.6 Å². The highest BCUT2D eigenvalue weighted by Crippen LogP contribution is 2.31. The predicted molar refractivity (Wildman–Crippen MR) is 88.0 cm³/mol. The zero-order chi connectivity index (χ0) is 17.6. The number of hydrogen-bond acceptors (Lipinski definition) is 3. The van der Waals surface area contributed by atoms with Gasteiger partial charge in [-0.15, -0.1) is 6.42 Å². The van der Waals surface area contributed by atoms with Crippen LogP contribution in [0.4, 0.5) is 18.9 Å². The van der Waals surface area contributed by atoms with E-state index >= 15 is 0 Å². The largest absolute Gasteiger partial charge is 0.416 e. The summed E-state index contributed by atoms with van der Waals surface area (Å²) >= 11 is 0. The number of nitrogens with zero attached hydrogens (tertiary/aromatic N) is 1. The van der Waals surface area contributed by atoms with Crippen LogP contribution in [-0.4, -0.2) is 18.0 Å². The average Bonchev–Trinajstić information content (AvgIpc) is 2.47. The summed E-state index contributed by atoms with van der Waals surface area (Å²) < 4.78 is 38.2. The lowest BCUT2D eigenvalue weighted by atomic mass is 10.1. The number of halogens is 3. The molecule has 0 fully saturated rings. The molecule has 0 aromatic heterocycles. The molecule has 0 heterocycles. The zero-order valence-electron chi connectivity index (χ0n) is 13.1. The highest BCUT2D eigenvalue weighted by molar-refractivity contribution is 6.15. The fourth-order valence-electron chi connectivity index (χ4n) is 1.94. The Morgan fingerprint density at radius 1 is 1.39 bits per heavy atom. The molecule has 0 amide bonds. The summed E-state index contributed by atoms with van der Waals surface area (Å²) in [5.74, 6) is 2.46. The number of alkyl halides is 3. The molecule has 0 saturated carbocycles. The molecule has 0 aliphatic carbocycles. The van der Waals surface area contributed by atoms with Crippen molar-refractivity contribution in [1.82, 2.24) is 0 Å². The molecule has 23 heavy (non-hydrogen) atoms. The molecule has 1 rings (SSSR count). The number of terminal acetylenes is 1. The number of rotatable bonds is 5. The highest BCUT2D eigenvalue weighted by atomic mass is 19.4. The summed E-state index contributed by atoms with van der Waals surface area (Å²) in [6, 6.07) is 4.53. The minimum atomic E-state index is -4.40. The molecule has 1 aromatic rings. The molecule has 122 valence electrons. The first-order valence-corrected chi connectivity index (χ1v) is 6.85. The lowest BCUT2D eigenvalue weighted by molar-refractivity contribution is -0.137. The van der Waals surface area contributed by atoms with Gasteiger partial charge in [-0.25, -0.2) is 0 Å². The van der Waals surface area contributed by atoms with Gasteiger partial charge in [-0.1, -0.05) is 12.0 Å². The van der Waals surface area contributed by atoms with Crippen LogP contribution < -0.4 is 5.32 Å². The van der Waals surface area contributed by atoms with Gasteiger partial charge >= 0.3 is 6.18 Å². The first-order valence-electron chi connectivity index (χ1n) is 6.85. The molecule has 1 atom stereocenters. The second kappa shape index (κ2) is 7.63. The van der Waals surface area contributed by atoms with Gasteiger partial charge < -0.3 is 10.7 Å². The van der Waals surface area contributed by atoms with Crippen molar-refractivity contribution in [1.29, 1.82) is 5.41 Å². The third-order valence-corrected chi connectivity index (χ3v) is 3.09. The van der Waals surface area contributed by atoms with Crippen LogP contribution in [0.25, 0.3) is 0 Å². The first kappa shape index (κ1) is 18.5. The van der Waals surface area contributed by atoms with Gasteiger partial charge in [0.05, 0.1) is 5.56 Å². The molecule has 1 unspecified atom stereocenters. The average molecular weight is 321 g/mol. The molecule has 2 N–H and O–H groups in total. The van der Waals surface area contributed by atoms with Crippen LogP contribution in [0, 0.1) is 17.8 Å². The minimum absolute atomic E-state index is 0.287. The van der Waals surface area contributed by atoms with Crippen LogP contribution in [0.5, 0.6) is 0 Å². The second-order valence-corrected chi connectivity index (χ2v) is 4.94. The van der Waals surface area contributed by atoms with Gasteiger partial charge in [-0.05, 0) is 39.0 Å². The number of allylic oxidation sites excluding steroid dienone is 2. The lowest BCUT2D eigenvalue weighted by Crippen LogP contribution is -2.11. The molecule has 0 radical (unpaired) electrons. The smallest absolute Gasteiger partial charge is 0.359 e. The van der Waals surface area contributed by atoms with E-state index in [0.717, 1.165) is 18.3 Å². The number of nitrogens with one attached hydrogen (secondary N) is 2. The molecule has 1 aromatic carbocycles. The third kappa shape index (κ3) is 5.29. The van der Waals surface area contributed by atoms with Gasteiger partial charge in [0, 0.05) is 28.9 Å². The summed E-state index contributed by atoms with van der Waals surface area (Å²) in [6.45, 7) is 5.10. The molecule has 0 saturated heterocycles. The van der Waals surface area contributed by atoms with Crippen molar-refractivity contribution in [2.24, 2.45) is 4.99 Å². The molecule has 0 aliphatic rings. The maximum absolute atomic E-state index is 12.7. The zero-order valence-corrected chi connectivity index (χ0v) is 13.1. The standard InChI is InChI=1S/C17H18F3N3/c1-5-11(2)22-12(3)16(10-21)13(4)23-15-8-6-7-14(9-15)17(18,19)20/h1,6-11,21,23H,2-4H3/b16-13+,21-10?,22-12-. The van der Waals surface area contributed by atoms with Crippen molar-refractivity contribution in [2.75, 3.05) is 5.32 Å². The van der Waals surface area contributed by atoms with Crippen LogP contribution in [0.1, 0.15) is 26.3 Å². The van der Waals surface area contributed by atoms with Gasteiger partial charge in [0.25, 0.3) is 0 Å². The van der Waals surface area contributed by atoms with Crippen molar-refractivity contribution < 1.29 is 13.2 Å². The van der Waals surface area contributed by atoms with E-state index in [9.17, 15) is 13.2 Å². The summed E-state index contributed by atoms with van der Waals surface area (Å²) in [5.41, 5.74) is 1.09. The Labute approximate surface area is 133 Å². The fourth-order valence-corrected chi connectivity index (χ4v) is 1.94. The quantitative estimate of drug-likeness (QED) is 0.608. The minimum Gasteiger partial charge on any atom is -0.359 e. The highest BCUT2D eigenvalue weighted by Gasteiger charge is 2.30. The Balaban J connectivity index is 3.13. The van der Waals surface area contributed by atoms with Gasteiger partial charge in [0.2, 0.25) is 0 Å². The Morgan fingerprint density at radius 3 is 2.57 bits per heavy atom. The van der Waals surface area contributed by atoms with Crippen molar-refractivity contribution in [3.63, 3.8) is 0 Å². The molecule has 0 bridgehead atoms. The van der Waals surface area contributed by atoms with Crippen LogP contribution in [0.15, 0.2) is 40.5 Å². The van der Waals surface area contributed by atoms with Gasteiger partial charge in [-0.3, -0.25) is 4.99 Å². The first-order chi connectivity index (χ1) is 10.7. The predicted octanol–water partition coefficient (Wildman–Crippen LogP) is 4.52. The molecule has 6 heteroatoms. The van der Waals surface area contributed by atoms with E-state index in [0.29, 0.717) is 17.0 Å². The normalized spacial score (nSPS) is 14.6. The van der Waals surface area contributed by atoms with E-state index in [1.807, 2.05) is 0 Å². The van der Waals surface area contributed by atoms with E-state index in [4.69, 9.17) is 11.8 Å². The summed E-state index contributed by atoms with van der Waals surface area (Å²) in [7, 11) is 0. The number of aliphatic imine (C=N–C) groups is 1. The number of anilines is 1. The van der Waals surface area contributed by atoms with Gasteiger partial charge in [-0.2, -0.15) is 13.2 Å². The summed E-state index contributed by atoms with van der Waals surface area (Å²) in [5, 5.41) is 10.4. The second-order valence-electron chi connectivity index (χ2n) is 4.94. The molecule has 3 nitrogen and oxygen atoms in total. The van der Waals surface area contributed by atoms with E-state index in [1.54, 1.807) is 20.8 Å². The molecular weight excluding hydrogens is 303 g/mol. The van der Waals surface area contributed by atoms with Gasteiger partial charge in [0.1, 0.15) is 6.04 Å². The van der Waals surface area contributed by atoms with Crippen molar-refractivity contribution in [2.45, 2.75) is 33.0 Å². The number of hydrogen-bond donors (Lipinski definition) is 2. The van der Waals surface area contributed by atoms with Crippen LogP contribution in [0.2, 0.25) is 0 Å². The Hall–Kier alpha value is -2.55.